The van der Waals surface area contributed by atoms with E-state index in [4.69, 9.17) is 9.47 Å². The first-order valence-corrected chi connectivity index (χ1v) is 11.7. The van der Waals surface area contributed by atoms with Crippen molar-refractivity contribution in [1.82, 2.24) is 4.90 Å². The standard InChI is InChI=1S/C30H25F2NO5/c1-36-24-7-5-6-20(16-24)18-33(19-21-10-15-25(27(32)17-21)30(35)37-2)29(34)22-11-13-23(14-12-22)38-28-9-4-3-8-26(28)31/h3-17H,18-19H2,1-2H3. The minimum atomic E-state index is -0.781. The molecule has 0 fully saturated rings. The zero-order valence-electron chi connectivity index (χ0n) is 20.8. The number of esters is 1. The Morgan fingerprint density at radius 1 is 0.737 bits per heavy atom. The van der Waals surface area contributed by atoms with Crippen molar-refractivity contribution < 1.29 is 32.6 Å². The van der Waals surface area contributed by atoms with Gasteiger partial charge in [0.15, 0.2) is 11.6 Å². The Kier molecular flexibility index (Phi) is 8.33. The zero-order chi connectivity index (χ0) is 27.1. The van der Waals surface area contributed by atoms with E-state index >= 15 is 0 Å². The SMILES string of the molecule is COC(=O)c1ccc(CN(Cc2cccc(OC)c2)C(=O)c2ccc(Oc3ccccc3F)cc2)cc1F. The van der Waals surface area contributed by atoms with Gasteiger partial charge in [-0.2, -0.15) is 0 Å². The maximum atomic E-state index is 14.6. The second-order valence-corrected chi connectivity index (χ2v) is 8.38. The lowest BCUT2D eigenvalue weighted by molar-refractivity contribution is 0.0594. The van der Waals surface area contributed by atoms with Gasteiger partial charge in [0.2, 0.25) is 0 Å². The van der Waals surface area contributed by atoms with Crippen LogP contribution in [0.4, 0.5) is 8.78 Å². The summed E-state index contributed by atoms with van der Waals surface area (Å²) in [5.74, 6) is -1.26. The molecule has 8 heteroatoms. The van der Waals surface area contributed by atoms with E-state index in [2.05, 4.69) is 4.74 Å². The number of benzene rings is 4. The zero-order valence-corrected chi connectivity index (χ0v) is 20.8. The smallest absolute Gasteiger partial charge is 0.340 e. The number of carbonyl (C=O) groups excluding carboxylic acids is 2. The first-order valence-electron chi connectivity index (χ1n) is 11.7. The van der Waals surface area contributed by atoms with Crippen molar-refractivity contribution in [3.63, 3.8) is 0 Å². The molecule has 0 heterocycles. The predicted molar refractivity (Wildman–Crippen MR) is 137 cm³/mol. The van der Waals surface area contributed by atoms with Crippen LogP contribution in [-0.4, -0.2) is 31.0 Å². The number of hydrogen-bond donors (Lipinski definition) is 0. The molecule has 0 saturated carbocycles. The fraction of sp³-hybridized carbons (Fsp3) is 0.133. The molecule has 194 valence electrons. The third-order valence-corrected chi connectivity index (χ3v) is 5.77. The van der Waals surface area contributed by atoms with Gasteiger partial charge in [-0.3, -0.25) is 4.79 Å². The number of para-hydroxylation sites is 1. The highest BCUT2D eigenvalue weighted by molar-refractivity contribution is 5.94. The monoisotopic (exact) mass is 517 g/mol. The quantitative estimate of drug-likeness (QED) is 0.241. The third-order valence-electron chi connectivity index (χ3n) is 5.77. The van der Waals surface area contributed by atoms with Gasteiger partial charge >= 0.3 is 5.97 Å². The normalized spacial score (nSPS) is 10.5. The average molecular weight is 518 g/mol. The number of amides is 1. The maximum absolute atomic E-state index is 14.6. The lowest BCUT2D eigenvalue weighted by atomic mass is 10.1. The van der Waals surface area contributed by atoms with Gasteiger partial charge in [0.25, 0.3) is 5.91 Å². The van der Waals surface area contributed by atoms with E-state index in [0.717, 1.165) is 5.56 Å². The van der Waals surface area contributed by atoms with Crippen LogP contribution in [0.25, 0.3) is 0 Å². The van der Waals surface area contributed by atoms with E-state index in [9.17, 15) is 18.4 Å². The molecule has 4 aromatic rings. The number of ether oxygens (including phenoxy) is 3. The van der Waals surface area contributed by atoms with Gasteiger partial charge in [0, 0.05) is 18.7 Å². The molecule has 0 aliphatic rings. The summed E-state index contributed by atoms with van der Waals surface area (Å²) in [6, 6.07) is 23.7. The second kappa shape index (κ2) is 12.0. The minimum Gasteiger partial charge on any atom is -0.497 e. The summed E-state index contributed by atoms with van der Waals surface area (Å²) in [6.45, 7) is 0.284. The molecular weight excluding hydrogens is 492 g/mol. The van der Waals surface area contributed by atoms with Crippen LogP contribution in [0.1, 0.15) is 31.8 Å². The molecule has 4 rings (SSSR count). The van der Waals surface area contributed by atoms with Crippen molar-refractivity contribution in [3.05, 3.63) is 125 Å². The summed E-state index contributed by atoms with van der Waals surface area (Å²) in [5, 5.41) is 0. The number of halogens is 2. The van der Waals surface area contributed by atoms with Crippen LogP contribution in [0.15, 0.2) is 91.0 Å². The molecule has 6 nitrogen and oxygen atoms in total. The Balaban J connectivity index is 1.59. The summed E-state index contributed by atoms with van der Waals surface area (Å²) >= 11 is 0. The highest BCUT2D eigenvalue weighted by Gasteiger charge is 2.19. The fourth-order valence-electron chi connectivity index (χ4n) is 3.85. The molecule has 0 aliphatic carbocycles. The fourth-order valence-corrected chi connectivity index (χ4v) is 3.85. The Bertz CT molecular complexity index is 1440. The summed E-state index contributed by atoms with van der Waals surface area (Å²) in [4.78, 5) is 26.9. The third kappa shape index (κ3) is 6.34. The van der Waals surface area contributed by atoms with E-state index in [1.54, 1.807) is 60.5 Å². The molecule has 4 aromatic carbocycles. The Hall–Kier alpha value is -4.72. The Labute approximate surface area is 219 Å². The van der Waals surface area contributed by atoms with E-state index in [0.29, 0.717) is 22.6 Å². The van der Waals surface area contributed by atoms with Gasteiger partial charge in [0.05, 0.1) is 19.8 Å². The highest BCUT2D eigenvalue weighted by Crippen LogP contribution is 2.25. The lowest BCUT2D eigenvalue weighted by Gasteiger charge is -2.24. The second-order valence-electron chi connectivity index (χ2n) is 8.38. The number of methoxy groups -OCH3 is 2. The number of rotatable bonds is 9. The van der Waals surface area contributed by atoms with Crippen LogP contribution in [0.3, 0.4) is 0 Å². The summed E-state index contributed by atoms with van der Waals surface area (Å²) < 4.78 is 44.0. The molecular formula is C30H25F2NO5. The van der Waals surface area contributed by atoms with Crippen molar-refractivity contribution in [2.24, 2.45) is 0 Å². The Morgan fingerprint density at radius 2 is 1.45 bits per heavy atom. The molecule has 0 spiro atoms. The van der Waals surface area contributed by atoms with E-state index < -0.39 is 17.6 Å². The molecule has 0 aliphatic heterocycles. The van der Waals surface area contributed by atoms with Crippen molar-refractivity contribution in [3.8, 4) is 17.2 Å². The first kappa shape index (κ1) is 26.3. The molecule has 0 bridgehead atoms. The van der Waals surface area contributed by atoms with Crippen molar-refractivity contribution in [1.29, 1.82) is 0 Å². The van der Waals surface area contributed by atoms with Crippen LogP contribution < -0.4 is 9.47 Å². The van der Waals surface area contributed by atoms with E-state index in [1.807, 2.05) is 18.2 Å². The molecule has 0 unspecified atom stereocenters. The van der Waals surface area contributed by atoms with Crippen molar-refractivity contribution in [2.45, 2.75) is 13.1 Å². The van der Waals surface area contributed by atoms with Gasteiger partial charge in [-0.15, -0.1) is 0 Å². The number of hydrogen-bond acceptors (Lipinski definition) is 5. The van der Waals surface area contributed by atoms with Gasteiger partial charge in [-0.1, -0.05) is 30.3 Å². The van der Waals surface area contributed by atoms with Crippen molar-refractivity contribution in [2.75, 3.05) is 14.2 Å². The van der Waals surface area contributed by atoms with E-state index in [-0.39, 0.29) is 30.3 Å². The van der Waals surface area contributed by atoms with E-state index in [1.165, 1.54) is 31.4 Å². The van der Waals surface area contributed by atoms with Gasteiger partial charge in [-0.25, -0.2) is 13.6 Å². The van der Waals surface area contributed by atoms with Crippen molar-refractivity contribution >= 4 is 11.9 Å². The molecule has 0 saturated heterocycles. The minimum absolute atomic E-state index is 0.0713. The van der Waals surface area contributed by atoms with Crippen LogP contribution >= 0.6 is 0 Å². The largest absolute Gasteiger partial charge is 0.497 e. The summed E-state index contributed by atoms with van der Waals surface area (Å²) in [6.07, 6.45) is 0. The molecule has 0 N–H and O–H groups in total. The first-order chi connectivity index (χ1) is 18.4. The predicted octanol–water partition coefficient (Wildman–Crippen LogP) is 6.39. The van der Waals surface area contributed by atoms with Crippen LogP contribution in [0.2, 0.25) is 0 Å². The number of carbonyl (C=O) groups is 2. The van der Waals surface area contributed by atoms with Gasteiger partial charge in [-0.05, 0) is 71.8 Å². The molecule has 0 atom stereocenters. The molecule has 38 heavy (non-hydrogen) atoms. The van der Waals surface area contributed by atoms with Crippen LogP contribution in [0, 0.1) is 11.6 Å². The average Bonchev–Trinajstić information content (AvgIpc) is 2.94. The number of nitrogens with zero attached hydrogens (tertiary/aromatic N) is 1. The van der Waals surface area contributed by atoms with Crippen LogP contribution in [0.5, 0.6) is 17.2 Å². The molecule has 0 radical (unpaired) electrons. The topological polar surface area (TPSA) is 65.1 Å². The molecule has 1 amide bonds. The van der Waals surface area contributed by atoms with Gasteiger partial charge in [0.1, 0.15) is 17.3 Å². The summed E-state index contributed by atoms with van der Waals surface area (Å²) in [7, 11) is 2.73. The maximum Gasteiger partial charge on any atom is 0.340 e. The highest BCUT2D eigenvalue weighted by atomic mass is 19.1. The summed E-state index contributed by atoms with van der Waals surface area (Å²) in [5.41, 5.74) is 1.47. The molecule has 0 aromatic heterocycles. The Morgan fingerprint density at radius 3 is 2.11 bits per heavy atom. The van der Waals surface area contributed by atoms with Crippen LogP contribution in [-0.2, 0) is 17.8 Å². The van der Waals surface area contributed by atoms with Gasteiger partial charge < -0.3 is 19.1 Å². The lowest BCUT2D eigenvalue weighted by Crippen LogP contribution is -2.30.